The van der Waals surface area contributed by atoms with Crippen LogP contribution in [0.15, 0.2) is 35.5 Å². The Bertz CT molecular complexity index is 1370. The van der Waals surface area contributed by atoms with Crippen molar-refractivity contribution in [2.45, 2.75) is 83.5 Å². The van der Waals surface area contributed by atoms with Gasteiger partial charge in [0, 0.05) is 24.9 Å². The molecular weight excluding hydrogens is 587 g/mol. The lowest BCUT2D eigenvalue weighted by molar-refractivity contribution is -0.135. The molecule has 1 fully saturated rings. The fourth-order valence-corrected chi connectivity index (χ4v) is 4.81. The van der Waals surface area contributed by atoms with Crippen LogP contribution in [0.5, 0.6) is 5.75 Å². The predicted molar refractivity (Wildman–Crippen MR) is 158 cm³/mol. The highest BCUT2D eigenvalue weighted by Crippen LogP contribution is 2.37. The number of alkyl halides is 3. The van der Waals surface area contributed by atoms with Crippen LogP contribution in [-0.4, -0.2) is 53.3 Å². The maximum atomic E-state index is 13.4. The van der Waals surface area contributed by atoms with Crippen LogP contribution in [0.4, 0.5) is 19.0 Å². The second-order valence-corrected chi connectivity index (χ2v) is 12.1. The number of benzene rings is 1. The number of carbonyl (C=O) groups is 3. The van der Waals surface area contributed by atoms with E-state index < -0.39 is 35.6 Å². The number of aromatic nitrogens is 1. The van der Waals surface area contributed by atoms with Gasteiger partial charge in [-0.05, 0) is 88.8 Å². The summed E-state index contributed by atoms with van der Waals surface area (Å²) in [6.07, 6.45) is 1.56. The SMILES string of the molecule is Cc1cc(Cl)c(OC(C)(C)C(=O)NC(CC=Nc2ccc(C(=O)NCC(F)(F)F)cn2)C2CCC2)cc1C(C)(C)C(N)=O. The molecule has 1 aromatic carbocycles. The van der Waals surface area contributed by atoms with E-state index in [1.165, 1.54) is 12.1 Å². The summed E-state index contributed by atoms with van der Waals surface area (Å²) in [7, 11) is 0. The summed E-state index contributed by atoms with van der Waals surface area (Å²) in [4.78, 5) is 45.7. The van der Waals surface area contributed by atoms with Gasteiger partial charge in [-0.1, -0.05) is 18.0 Å². The fourth-order valence-electron chi connectivity index (χ4n) is 4.55. The number of hydrogen-bond donors (Lipinski definition) is 3. The molecule has 1 aromatic heterocycles. The Kier molecular flexibility index (Phi) is 10.5. The Morgan fingerprint density at radius 1 is 1.19 bits per heavy atom. The van der Waals surface area contributed by atoms with Gasteiger partial charge in [0.1, 0.15) is 12.3 Å². The summed E-state index contributed by atoms with van der Waals surface area (Å²) in [5.41, 5.74) is 4.69. The zero-order chi connectivity index (χ0) is 32.2. The molecule has 0 saturated heterocycles. The first-order chi connectivity index (χ1) is 19.9. The van der Waals surface area contributed by atoms with Crippen molar-refractivity contribution in [3.63, 3.8) is 0 Å². The van der Waals surface area contributed by atoms with Gasteiger partial charge >= 0.3 is 6.18 Å². The number of nitrogens with one attached hydrogen (secondary N) is 2. The second kappa shape index (κ2) is 13.3. The molecule has 2 aromatic rings. The van der Waals surface area contributed by atoms with Crippen LogP contribution in [-0.2, 0) is 15.0 Å². The highest BCUT2D eigenvalue weighted by Gasteiger charge is 2.37. The zero-order valence-corrected chi connectivity index (χ0v) is 25.5. The molecule has 13 heteroatoms. The van der Waals surface area contributed by atoms with Crippen molar-refractivity contribution in [3.8, 4) is 5.75 Å². The number of rotatable bonds is 12. The van der Waals surface area contributed by atoms with E-state index in [-0.39, 0.29) is 35.0 Å². The summed E-state index contributed by atoms with van der Waals surface area (Å²) < 4.78 is 43.1. The molecule has 3 amide bonds. The lowest BCUT2D eigenvalue weighted by atomic mass is 9.78. The smallest absolute Gasteiger partial charge is 0.405 e. The molecule has 0 aliphatic heterocycles. The Morgan fingerprint density at radius 2 is 1.86 bits per heavy atom. The average molecular weight is 624 g/mol. The molecule has 0 radical (unpaired) electrons. The van der Waals surface area contributed by atoms with Crippen molar-refractivity contribution >= 4 is 41.4 Å². The second-order valence-electron chi connectivity index (χ2n) is 11.7. The van der Waals surface area contributed by atoms with Gasteiger partial charge in [-0.2, -0.15) is 13.2 Å². The van der Waals surface area contributed by atoms with Crippen molar-refractivity contribution in [2.24, 2.45) is 16.6 Å². The molecule has 3 rings (SSSR count). The third-order valence-corrected chi connectivity index (χ3v) is 7.85. The van der Waals surface area contributed by atoms with Gasteiger partial charge in [0.15, 0.2) is 11.4 Å². The minimum absolute atomic E-state index is 0.0240. The maximum Gasteiger partial charge on any atom is 0.405 e. The molecule has 1 aliphatic carbocycles. The first kappa shape index (κ1) is 33.8. The number of nitrogens with zero attached hydrogens (tertiary/aromatic N) is 2. The Hall–Kier alpha value is -3.67. The largest absolute Gasteiger partial charge is 0.476 e. The molecule has 43 heavy (non-hydrogen) atoms. The topological polar surface area (TPSA) is 136 Å². The molecular formula is C30H37ClF3N5O4. The molecule has 1 unspecified atom stereocenters. The molecule has 1 heterocycles. The summed E-state index contributed by atoms with van der Waals surface area (Å²) >= 11 is 6.45. The molecule has 234 valence electrons. The number of carbonyl (C=O) groups excluding carboxylic acids is 3. The van der Waals surface area contributed by atoms with Crippen molar-refractivity contribution in [1.29, 1.82) is 0 Å². The third-order valence-electron chi connectivity index (χ3n) is 7.56. The number of primary amides is 1. The van der Waals surface area contributed by atoms with Gasteiger partial charge < -0.3 is 21.1 Å². The fraction of sp³-hybridized carbons (Fsp3) is 0.500. The molecule has 0 bridgehead atoms. The third kappa shape index (κ3) is 8.92. The highest BCUT2D eigenvalue weighted by molar-refractivity contribution is 6.32. The number of aliphatic imine (C=N–C) groups is 1. The van der Waals surface area contributed by atoms with E-state index in [9.17, 15) is 27.6 Å². The van der Waals surface area contributed by atoms with Gasteiger partial charge in [-0.25, -0.2) is 9.98 Å². The number of halogens is 4. The van der Waals surface area contributed by atoms with Crippen molar-refractivity contribution in [2.75, 3.05) is 6.54 Å². The maximum absolute atomic E-state index is 13.4. The van der Waals surface area contributed by atoms with Gasteiger partial charge in [0.25, 0.3) is 11.8 Å². The molecule has 1 saturated carbocycles. The Balaban J connectivity index is 1.67. The highest BCUT2D eigenvalue weighted by atomic mass is 35.5. The minimum Gasteiger partial charge on any atom is -0.476 e. The van der Waals surface area contributed by atoms with Crippen LogP contribution < -0.4 is 21.1 Å². The van der Waals surface area contributed by atoms with E-state index in [4.69, 9.17) is 22.1 Å². The molecule has 0 spiro atoms. The standard InChI is InChI=1S/C30H37ClF3N5O4/c1-17-13-21(31)23(14-20(17)28(2,3)26(35)41)43-29(4,5)27(42)39-22(18-7-6-8-18)11-12-36-24-10-9-19(15-37-24)25(40)38-16-30(32,33)34/h9-10,12-15,18,22H,6-8,11,16H2,1-5H3,(H2,35,41)(H,38,40)(H,39,42). The lowest BCUT2D eigenvalue weighted by Gasteiger charge is -2.36. The van der Waals surface area contributed by atoms with E-state index in [2.05, 4.69) is 15.3 Å². The average Bonchev–Trinajstić information content (AvgIpc) is 2.87. The van der Waals surface area contributed by atoms with Gasteiger partial charge in [-0.3, -0.25) is 14.4 Å². The number of aryl methyl sites for hydroxylation is 1. The van der Waals surface area contributed by atoms with Crippen molar-refractivity contribution in [1.82, 2.24) is 15.6 Å². The van der Waals surface area contributed by atoms with Crippen LogP contribution in [0.2, 0.25) is 5.02 Å². The molecule has 1 atom stereocenters. The number of hydrogen-bond acceptors (Lipinski definition) is 6. The monoisotopic (exact) mass is 623 g/mol. The summed E-state index contributed by atoms with van der Waals surface area (Å²) in [5, 5.41) is 5.15. The van der Waals surface area contributed by atoms with E-state index >= 15 is 0 Å². The van der Waals surface area contributed by atoms with Crippen LogP contribution >= 0.6 is 11.6 Å². The number of pyridine rings is 1. The van der Waals surface area contributed by atoms with Gasteiger partial charge in [0.05, 0.1) is 16.0 Å². The van der Waals surface area contributed by atoms with Crippen molar-refractivity contribution < 1.29 is 32.3 Å². The normalized spacial score (nSPS) is 15.1. The summed E-state index contributed by atoms with van der Waals surface area (Å²) in [6.45, 7) is 7.04. The van der Waals surface area contributed by atoms with E-state index in [0.717, 1.165) is 31.0 Å². The Morgan fingerprint density at radius 3 is 2.40 bits per heavy atom. The van der Waals surface area contributed by atoms with E-state index in [1.54, 1.807) is 51.4 Å². The quantitative estimate of drug-likeness (QED) is 0.275. The lowest BCUT2D eigenvalue weighted by Crippen LogP contribution is -2.53. The van der Waals surface area contributed by atoms with Crippen LogP contribution in [0.3, 0.4) is 0 Å². The predicted octanol–water partition coefficient (Wildman–Crippen LogP) is 5.33. The van der Waals surface area contributed by atoms with Crippen molar-refractivity contribution in [3.05, 3.63) is 52.2 Å². The Labute approximate surface area is 253 Å². The van der Waals surface area contributed by atoms with E-state index in [1.807, 2.05) is 6.92 Å². The van der Waals surface area contributed by atoms with E-state index in [0.29, 0.717) is 17.0 Å². The first-order valence-electron chi connectivity index (χ1n) is 13.8. The minimum atomic E-state index is -4.51. The number of amides is 3. The first-order valence-corrected chi connectivity index (χ1v) is 14.2. The summed E-state index contributed by atoms with van der Waals surface area (Å²) in [6, 6.07) is 5.84. The van der Waals surface area contributed by atoms with Crippen LogP contribution in [0.1, 0.15) is 74.9 Å². The number of nitrogens with two attached hydrogens (primary N) is 1. The number of ether oxygens (including phenoxy) is 1. The summed E-state index contributed by atoms with van der Waals surface area (Å²) in [5.74, 6) is -1.01. The van der Waals surface area contributed by atoms with Gasteiger partial charge in [-0.15, -0.1) is 0 Å². The zero-order valence-electron chi connectivity index (χ0n) is 24.8. The molecule has 9 nitrogen and oxygen atoms in total. The molecule has 4 N–H and O–H groups in total. The molecule has 1 aliphatic rings. The van der Waals surface area contributed by atoms with Gasteiger partial charge in [0.2, 0.25) is 5.91 Å². The van der Waals surface area contributed by atoms with Crippen LogP contribution in [0.25, 0.3) is 0 Å². The van der Waals surface area contributed by atoms with Crippen LogP contribution in [0, 0.1) is 12.8 Å².